The highest BCUT2D eigenvalue weighted by molar-refractivity contribution is 7.89. The fraction of sp³-hybridized carbons (Fsp3) is 0.733. The minimum absolute atomic E-state index is 0.0105. The van der Waals surface area contributed by atoms with E-state index in [1.54, 1.807) is 6.07 Å². The number of hydrogen-bond acceptors (Lipinski definition) is 4. The fourth-order valence-corrected chi connectivity index (χ4v) is 2.80. The number of nitrogens with one attached hydrogen (secondary N) is 2. The summed E-state index contributed by atoms with van der Waals surface area (Å²) in [5.74, 6) is 0.622. The minimum Gasteiger partial charge on any atom is -0.447 e. The van der Waals surface area contributed by atoms with E-state index in [0.717, 1.165) is 25.7 Å². The van der Waals surface area contributed by atoms with Gasteiger partial charge in [0.15, 0.2) is 0 Å². The third kappa shape index (κ3) is 7.11. The van der Waals surface area contributed by atoms with Gasteiger partial charge < -0.3 is 9.73 Å². The molecule has 1 rings (SSSR count). The van der Waals surface area contributed by atoms with Crippen molar-refractivity contribution >= 4 is 10.0 Å². The highest BCUT2D eigenvalue weighted by Crippen LogP contribution is 2.14. The molecular formula is C15H28N2O3S. The lowest BCUT2D eigenvalue weighted by atomic mass is 10.1. The number of rotatable bonds is 9. The Morgan fingerprint density at radius 3 is 2.48 bits per heavy atom. The van der Waals surface area contributed by atoms with Crippen molar-refractivity contribution in [1.82, 2.24) is 10.0 Å². The summed E-state index contributed by atoms with van der Waals surface area (Å²) in [6.45, 7) is 9.23. The van der Waals surface area contributed by atoms with E-state index in [0.29, 0.717) is 18.8 Å². The van der Waals surface area contributed by atoms with Crippen molar-refractivity contribution < 1.29 is 12.8 Å². The van der Waals surface area contributed by atoms with Gasteiger partial charge in [-0.15, -0.1) is 0 Å². The average molecular weight is 316 g/mol. The van der Waals surface area contributed by atoms with Crippen molar-refractivity contribution in [3.05, 3.63) is 17.9 Å². The molecule has 0 saturated carbocycles. The minimum atomic E-state index is -3.52. The maximum Gasteiger partial charge on any atom is 0.273 e. The maximum atomic E-state index is 12.1. The van der Waals surface area contributed by atoms with E-state index in [9.17, 15) is 8.42 Å². The van der Waals surface area contributed by atoms with Crippen molar-refractivity contribution in [1.29, 1.82) is 0 Å². The first-order valence-corrected chi connectivity index (χ1v) is 9.06. The molecule has 0 aliphatic heterocycles. The summed E-state index contributed by atoms with van der Waals surface area (Å²) in [7, 11) is -3.52. The van der Waals surface area contributed by atoms with E-state index < -0.39 is 10.0 Å². The average Bonchev–Trinajstić information content (AvgIpc) is 2.85. The molecule has 5 nitrogen and oxygen atoms in total. The van der Waals surface area contributed by atoms with Crippen molar-refractivity contribution in [2.45, 2.75) is 70.6 Å². The van der Waals surface area contributed by atoms with Crippen molar-refractivity contribution in [3.8, 4) is 0 Å². The number of unbranched alkanes of at least 4 members (excludes halogenated alkanes) is 3. The van der Waals surface area contributed by atoms with Gasteiger partial charge in [0.25, 0.3) is 10.0 Å². The second-order valence-electron chi connectivity index (χ2n) is 6.28. The van der Waals surface area contributed by atoms with Gasteiger partial charge >= 0.3 is 0 Å². The van der Waals surface area contributed by atoms with Crippen LogP contribution in [-0.4, -0.2) is 20.5 Å². The number of sulfonamides is 1. The molecule has 0 atom stereocenters. The zero-order chi connectivity index (χ0) is 15.9. The first-order chi connectivity index (χ1) is 9.74. The van der Waals surface area contributed by atoms with Crippen LogP contribution in [0.15, 0.2) is 21.6 Å². The van der Waals surface area contributed by atoms with Crippen LogP contribution in [0.5, 0.6) is 0 Å². The van der Waals surface area contributed by atoms with Gasteiger partial charge in [0.1, 0.15) is 5.76 Å². The molecule has 0 fully saturated rings. The summed E-state index contributed by atoms with van der Waals surface area (Å²) < 4.78 is 32.1. The van der Waals surface area contributed by atoms with E-state index >= 15 is 0 Å². The van der Waals surface area contributed by atoms with E-state index in [1.165, 1.54) is 6.07 Å². The molecule has 0 aliphatic rings. The van der Waals surface area contributed by atoms with Crippen molar-refractivity contribution in [2.24, 2.45) is 0 Å². The van der Waals surface area contributed by atoms with Crippen LogP contribution in [0, 0.1) is 0 Å². The van der Waals surface area contributed by atoms with Crippen LogP contribution in [0.1, 0.15) is 59.1 Å². The first-order valence-electron chi connectivity index (χ1n) is 7.58. The quantitative estimate of drug-likeness (QED) is 0.687. The highest BCUT2D eigenvalue weighted by atomic mass is 32.2. The molecule has 0 radical (unpaired) electrons. The second-order valence-corrected chi connectivity index (χ2v) is 7.98. The van der Waals surface area contributed by atoms with Crippen LogP contribution in [0.4, 0.5) is 0 Å². The lowest BCUT2D eigenvalue weighted by Gasteiger charge is -2.19. The molecule has 0 aliphatic carbocycles. The SMILES string of the molecule is CCCCCCNS(=O)(=O)c1ccc(CNC(C)(C)C)o1. The van der Waals surface area contributed by atoms with Crippen LogP contribution in [0.25, 0.3) is 0 Å². The maximum absolute atomic E-state index is 12.1. The van der Waals surface area contributed by atoms with Gasteiger partial charge in [0.05, 0.1) is 6.54 Å². The zero-order valence-electron chi connectivity index (χ0n) is 13.5. The summed E-state index contributed by atoms with van der Waals surface area (Å²) in [6.07, 6.45) is 4.16. The second kappa shape index (κ2) is 7.96. The Morgan fingerprint density at radius 1 is 1.14 bits per heavy atom. The van der Waals surface area contributed by atoms with Crippen LogP contribution in [-0.2, 0) is 16.6 Å². The molecule has 0 amide bonds. The summed E-state index contributed by atoms with van der Waals surface area (Å²) in [5, 5.41) is 3.25. The van der Waals surface area contributed by atoms with Gasteiger partial charge in [-0.1, -0.05) is 26.2 Å². The number of furan rings is 1. The summed E-state index contributed by atoms with van der Waals surface area (Å²) in [5.41, 5.74) is -0.0383. The molecule has 1 heterocycles. The Labute approximate surface area is 128 Å². The first kappa shape index (κ1) is 18.2. The van der Waals surface area contributed by atoms with E-state index in [-0.39, 0.29) is 10.6 Å². The summed E-state index contributed by atoms with van der Waals surface area (Å²) in [4.78, 5) is 0. The topological polar surface area (TPSA) is 71.3 Å². The van der Waals surface area contributed by atoms with Crippen molar-refractivity contribution in [2.75, 3.05) is 6.54 Å². The molecule has 0 spiro atoms. The Bertz CT molecular complexity index is 515. The van der Waals surface area contributed by atoms with Gasteiger partial charge in [-0.2, -0.15) is 0 Å². The monoisotopic (exact) mass is 316 g/mol. The summed E-state index contributed by atoms with van der Waals surface area (Å²) in [6, 6.07) is 3.21. The predicted molar refractivity (Wildman–Crippen MR) is 84.6 cm³/mol. The Balaban J connectivity index is 2.50. The van der Waals surface area contributed by atoms with Crippen LogP contribution in [0.2, 0.25) is 0 Å². The molecule has 1 aromatic rings. The lowest BCUT2D eigenvalue weighted by molar-refractivity contribution is 0.359. The van der Waals surface area contributed by atoms with Gasteiger partial charge in [0, 0.05) is 12.1 Å². The standard InChI is InChI=1S/C15H28N2O3S/c1-5-6-7-8-11-17-21(18,19)14-10-9-13(20-14)12-16-15(2,3)4/h9-10,16-17H,5-8,11-12H2,1-4H3. The molecule has 0 saturated heterocycles. The van der Waals surface area contributed by atoms with E-state index in [4.69, 9.17) is 4.42 Å². The van der Waals surface area contributed by atoms with Gasteiger partial charge in [-0.25, -0.2) is 13.1 Å². The van der Waals surface area contributed by atoms with Gasteiger partial charge in [-0.3, -0.25) is 0 Å². The zero-order valence-corrected chi connectivity index (χ0v) is 14.3. The number of hydrogen-bond donors (Lipinski definition) is 2. The van der Waals surface area contributed by atoms with Gasteiger partial charge in [-0.05, 0) is 39.3 Å². The molecule has 0 unspecified atom stereocenters. The normalized spacial score (nSPS) is 12.8. The molecule has 6 heteroatoms. The van der Waals surface area contributed by atoms with E-state index in [2.05, 4.69) is 17.0 Å². The molecule has 21 heavy (non-hydrogen) atoms. The third-order valence-corrected chi connectivity index (χ3v) is 4.35. The Morgan fingerprint density at radius 2 is 1.86 bits per heavy atom. The van der Waals surface area contributed by atoms with Crippen LogP contribution >= 0.6 is 0 Å². The lowest BCUT2D eigenvalue weighted by Crippen LogP contribution is -2.34. The van der Waals surface area contributed by atoms with Crippen LogP contribution in [0.3, 0.4) is 0 Å². The largest absolute Gasteiger partial charge is 0.447 e. The molecule has 0 bridgehead atoms. The highest BCUT2D eigenvalue weighted by Gasteiger charge is 2.18. The smallest absolute Gasteiger partial charge is 0.273 e. The fourth-order valence-electron chi connectivity index (χ4n) is 1.78. The molecule has 1 aromatic heterocycles. The van der Waals surface area contributed by atoms with Crippen LogP contribution < -0.4 is 10.0 Å². The van der Waals surface area contributed by atoms with Gasteiger partial charge in [0.2, 0.25) is 5.09 Å². The Hall–Kier alpha value is -0.850. The predicted octanol–water partition coefficient (Wildman–Crippen LogP) is 3.03. The molecule has 2 N–H and O–H groups in total. The molecule has 122 valence electrons. The third-order valence-electron chi connectivity index (χ3n) is 3.02. The molecular weight excluding hydrogens is 288 g/mol. The summed E-state index contributed by atoms with van der Waals surface area (Å²) >= 11 is 0. The molecule has 0 aromatic carbocycles. The van der Waals surface area contributed by atoms with Crippen molar-refractivity contribution in [3.63, 3.8) is 0 Å². The Kier molecular flexibility index (Phi) is 6.90. The van der Waals surface area contributed by atoms with E-state index in [1.807, 2.05) is 20.8 Å².